The highest BCUT2D eigenvalue weighted by Crippen LogP contribution is 2.32. The van der Waals surface area contributed by atoms with Crippen LogP contribution in [-0.4, -0.2) is 21.8 Å². The molecular formula is C17H14BrClN2O3. The van der Waals surface area contributed by atoms with Crippen molar-refractivity contribution >= 4 is 39.1 Å². The number of hydrogen-bond donors (Lipinski definition) is 0. The van der Waals surface area contributed by atoms with E-state index in [2.05, 4.69) is 15.9 Å². The second-order valence-corrected chi connectivity index (χ2v) is 7.04. The second kappa shape index (κ2) is 6.91. The zero-order valence-electron chi connectivity index (χ0n) is 12.6. The van der Waals surface area contributed by atoms with Gasteiger partial charge in [0.1, 0.15) is 0 Å². The third-order valence-electron chi connectivity index (χ3n) is 3.88. The summed E-state index contributed by atoms with van der Waals surface area (Å²) < 4.78 is 0.955. The molecule has 0 aromatic heterocycles. The Morgan fingerprint density at radius 3 is 2.62 bits per heavy atom. The molecule has 0 radical (unpaired) electrons. The highest BCUT2D eigenvalue weighted by molar-refractivity contribution is 9.10. The Morgan fingerprint density at radius 2 is 2.04 bits per heavy atom. The van der Waals surface area contributed by atoms with Gasteiger partial charge < -0.3 is 4.90 Å². The lowest BCUT2D eigenvalue weighted by atomic mass is 10.1. The molecule has 0 aliphatic heterocycles. The van der Waals surface area contributed by atoms with E-state index in [0.717, 1.165) is 22.9 Å². The number of nitro groups is 1. The minimum Gasteiger partial charge on any atom is -0.331 e. The first kappa shape index (κ1) is 16.9. The fourth-order valence-corrected chi connectivity index (χ4v) is 3.23. The molecule has 0 atom stereocenters. The molecule has 1 fully saturated rings. The van der Waals surface area contributed by atoms with Crippen LogP contribution in [0, 0.1) is 10.1 Å². The highest BCUT2D eigenvalue weighted by atomic mass is 79.9. The van der Waals surface area contributed by atoms with Crippen LogP contribution in [0.3, 0.4) is 0 Å². The Hall–Kier alpha value is -1.92. The normalized spacial score (nSPS) is 13.6. The van der Waals surface area contributed by atoms with Crippen molar-refractivity contribution in [3.05, 3.63) is 73.2 Å². The van der Waals surface area contributed by atoms with E-state index in [1.807, 2.05) is 24.3 Å². The van der Waals surface area contributed by atoms with E-state index in [1.54, 1.807) is 4.90 Å². The van der Waals surface area contributed by atoms with E-state index in [-0.39, 0.29) is 22.7 Å². The van der Waals surface area contributed by atoms with Gasteiger partial charge in [-0.25, -0.2) is 0 Å². The summed E-state index contributed by atoms with van der Waals surface area (Å²) in [6.45, 7) is 0.482. The molecule has 1 amide bonds. The van der Waals surface area contributed by atoms with Crippen LogP contribution in [0.2, 0.25) is 5.02 Å². The molecule has 24 heavy (non-hydrogen) atoms. The molecule has 124 valence electrons. The molecule has 1 saturated carbocycles. The zero-order chi connectivity index (χ0) is 17.3. The molecular weight excluding hydrogens is 396 g/mol. The lowest BCUT2D eigenvalue weighted by Gasteiger charge is -2.23. The molecule has 0 heterocycles. The average Bonchev–Trinajstić information content (AvgIpc) is 3.36. The van der Waals surface area contributed by atoms with Gasteiger partial charge in [0.2, 0.25) is 0 Å². The first-order chi connectivity index (χ1) is 11.5. The van der Waals surface area contributed by atoms with Crippen LogP contribution >= 0.6 is 27.5 Å². The van der Waals surface area contributed by atoms with E-state index >= 15 is 0 Å². The molecule has 5 nitrogen and oxygen atoms in total. The van der Waals surface area contributed by atoms with E-state index in [0.29, 0.717) is 12.1 Å². The largest absolute Gasteiger partial charge is 0.331 e. The van der Waals surface area contributed by atoms with Crippen molar-refractivity contribution in [3.63, 3.8) is 0 Å². The minimum atomic E-state index is -0.527. The zero-order valence-corrected chi connectivity index (χ0v) is 15.0. The molecule has 1 aliphatic carbocycles. The second-order valence-electron chi connectivity index (χ2n) is 5.72. The van der Waals surface area contributed by atoms with Crippen molar-refractivity contribution < 1.29 is 9.72 Å². The highest BCUT2D eigenvalue weighted by Gasteiger charge is 2.34. The Morgan fingerprint density at radius 1 is 1.29 bits per heavy atom. The van der Waals surface area contributed by atoms with Crippen LogP contribution in [0.1, 0.15) is 28.8 Å². The fourth-order valence-electron chi connectivity index (χ4n) is 2.53. The number of non-ortho nitro benzene ring substituents is 1. The van der Waals surface area contributed by atoms with Gasteiger partial charge in [0.15, 0.2) is 0 Å². The van der Waals surface area contributed by atoms with Crippen LogP contribution in [-0.2, 0) is 6.54 Å². The summed E-state index contributed by atoms with van der Waals surface area (Å²) in [5, 5.41) is 10.9. The maximum absolute atomic E-state index is 12.9. The third-order valence-corrected chi connectivity index (χ3v) is 4.69. The standard InChI is InChI=1S/C17H14BrClN2O3/c18-12-3-1-2-11(8-12)10-20(13-4-5-13)17(22)15-7-6-14(21(23)24)9-16(15)19/h1-3,6-9,13H,4-5,10H2. The SMILES string of the molecule is O=C(c1ccc([N+](=O)[O-])cc1Cl)N(Cc1cccc(Br)c1)C1CC1. The average molecular weight is 410 g/mol. The summed E-state index contributed by atoms with van der Waals surface area (Å²) in [5.74, 6) is -0.197. The molecule has 0 spiro atoms. The Labute approximate surface area is 152 Å². The number of benzene rings is 2. The number of nitrogens with zero attached hydrogens (tertiary/aromatic N) is 2. The van der Waals surface area contributed by atoms with Crippen molar-refractivity contribution in [2.24, 2.45) is 0 Å². The summed E-state index contributed by atoms with van der Waals surface area (Å²) >= 11 is 9.54. The maximum atomic E-state index is 12.9. The number of amides is 1. The molecule has 3 rings (SSSR count). The van der Waals surface area contributed by atoms with Gasteiger partial charge in [0, 0.05) is 29.2 Å². The van der Waals surface area contributed by atoms with Gasteiger partial charge in [0.05, 0.1) is 15.5 Å². The molecule has 1 aliphatic rings. The fraction of sp³-hybridized carbons (Fsp3) is 0.235. The van der Waals surface area contributed by atoms with Gasteiger partial charge in [-0.15, -0.1) is 0 Å². The molecule has 7 heteroatoms. The van der Waals surface area contributed by atoms with Crippen molar-refractivity contribution in [2.45, 2.75) is 25.4 Å². The van der Waals surface area contributed by atoms with Gasteiger partial charge in [-0.1, -0.05) is 39.7 Å². The lowest BCUT2D eigenvalue weighted by molar-refractivity contribution is -0.384. The number of carbonyl (C=O) groups excluding carboxylic acids is 1. The number of halogens is 2. The number of rotatable bonds is 5. The van der Waals surface area contributed by atoms with Gasteiger partial charge in [-0.3, -0.25) is 14.9 Å². The summed E-state index contributed by atoms with van der Waals surface area (Å²) in [6.07, 6.45) is 1.93. The number of hydrogen-bond acceptors (Lipinski definition) is 3. The quantitative estimate of drug-likeness (QED) is 0.525. The Bertz CT molecular complexity index is 808. The molecule has 2 aromatic rings. The van der Waals surface area contributed by atoms with E-state index in [1.165, 1.54) is 18.2 Å². The van der Waals surface area contributed by atoms with E-state index < -0.39 is 4.92 Å². The van der Waals surface area contributed by atoms with Crippen LogP contribution in [0.5, 0.6) is 0 Å². The summed E-state index contributed by atoms with van der Waals surface area (Å²) in [4.78, 5) is 24.9. The van der Waals surface area contributed by atoms with Gasteiger partial charge in [-0.2, -0.15) is 0 Å². The van der Waals surface area contributed by atoms with Gasteiger partial charge >= 0.3 is 0 Å². The minimum absolute atomic E-state index is 0.106. The molecule has 0 N–H and O–H groups in total. The van der Waals surface area contributed by atoms with Crippen molar-refractivity contribution in [1.29, 1.82) is 0 Å². The predicted molar refractivity (Wildman–Crippen MR) is 95.1 cm³/mol. The van der Waals surface area contributed by atoms with Crippen LogP contribution in [0.15, 0.2) is 46.9 Å². The number of nitro benzene ring substituents is 1. The maximum Gasteiger partial charge on any atom is 0.270 e. The predicted octanol–water partition coefficient (Wildman–Crippen LogP) is 4.82. The van der Waals surface area contributed by atoms with Crippen LogP contribution in [0.25, 0.3) is 0 Å². The van der Waals surface area contributed by atoms with Crippen molar-refractivity contribution in [2.75, 3.05) is 0 Å². The Balaban J connectivity index is 1.86. The summed E-state index contributed by atoms with van der Waals surface area (Å²) in [7, 11) is 0. The molecule has 0 saturated heterocycles. The van der Waals surface area contributed by atoms with Crippen molar-refractivity contribution in [1.82, 2.24) is 4.90 Å². The monoisotopic (exact) mass is 408 g/mol. The van der Waals surface area contributed by atoms with Gasteiger partial charge in [0.25, 0.3) is 11.6 Å². The van der Waals surface area contributed by atoms with Crippen molar-refractivity contribution in [3.8, 4) is 0 Å². The first-order valence-corrected chi connectivity index (χ1v) is 8.62. The van der Waals surface area contributed by atoms with Gasteiger partial charge in [-0.05, 0) is 36.6 Å². The third kappa shape index (κ3) is 3.76. The first-order valence-electron chi connectivity index (χ1n) is 7.45. The van der Waals surface area contributed by atoms with Crippen LogP contribution in [0.4, 0.5) is 5.69 Å². The molecule has 0 unspecified atom stereocenters. The molecule has 0 bridgehead atoms. The summed E-state index contributed by atoms with van der Waals surface area (Å²) in [5.41, 5.74) is 1.19. The Kier molecular flexibility index (Phi) is 4.87. The van der Waals surface area contributed by atoms with E-state index in [4.69, 9.17) is 11.6 Å². The topological polar surface area (TPSA) is 63.4 Å². The summed E-state index contributed by atoms with van der Waals surface area (Å²) in [6, 6.07) is 11.9. The lowest BCUT2D eigenvalue weighted by Crippen LogP contribution is -2.32. The smallest absolute Gasteiger partial charge is 0.270 e. The molecule has 2 aromatic carbocycles. The van der Waals surface area contributed by atoms with Crippen LogP contribution < -0.4 is 0 Å². The number of carbonyl (C=O) groups is 1. The van der Waals surface area contributed by atoms with E-state index in [9.17, 15) is 14.9 Å².